The summed E-state index contributed by atoms with van der Waals surface area (Å²) in [5.41, 5.74) is -0.0311. The summed E-state index contributed by atoms with van der Waals surface area (Å²) in [4.78, 5) is 10.3. The summed E-state index contributed by atoms with van der Waals surface area (Å²) in [5, 5.41) is 3.36. The maximum atomic E-state index is 10.3. The lowest BCUT2D eigenvalue weighted by Gasteiger charge is -2.24. The van der Waals surface area contributed by atoms with Crippen LogP contribution in [0.2, 0.25) is 0 Å². The summed E-state index contributed by atoms with van der Waals surface area (Å²) in [7, 11) is 0. The summed E-state index contributed by atoms with van der Waals surface area (Å²) in [6, 6.07) is 0. The Morgan fingerprint density at radius 3 is 2.42 bits per heavy atom. The van der Waals surface area contributed by atoms with Crippen molar-refractivity contribution in [3.63, 3.8) is 0 Å². The maximum absolute atomic E-state index is 10.3. The minimum absolute atomic E-state index is 0.0311. The molecule has 0 aliphatic heterocycles. The van der Waals surface area contributed by atoms with Crippen LogP contribution in [0.5, 0.6) is 0 Å². The largest absolute Gasteiger partial charge is 0.311 e. The molecule has 0 fully saturated rings. The molecule has 0 unspecified atom stereocenters. The van der Waals surface area contributed by atoms with Crippen molar-refractivity contribution in [2.75, 3.05) is 6.54 Å². The van der Waals surface area contributed by atoms with Gasteiger partial charge in [0.25, 0.3) is 0 Å². The molecule has 0 saturated carbocycles. The number of rotatable bonds is 6. The SMILES string of the molecule is CC(C)CCNC(C)(C)CC=O. The second-order valence-corrected chi connectivity index (χ2v) is 4.36. The van der Waals surface area contributed by atoms with Crippen LogP contribution in [0.1, 0.15) is 40.5 Å². The summed E-state index contributed by atoms with van der Waals surface area (Å²) in [5.74, 6) is 0.726. The van der Waals surface area contributed by atoms with E-state index in [-0.39, 0.29) is 5.54 Å². The molecular weight excluding hydrogens is 150 g/mol. The fourth-order valence-corrected chi connectivity index (χ4v) is 0.980. The molecule has 0 bridgehead atoms. The summed E-state index contributed by atoms with van der Waals surface area (Å²) in [6.45, 7) is 9.52. The minimum Gasteiger partial charge on any atom is -0.311 e. The first kappa shape index (κ1) is 11.6. The first-order valence-electron chi connectivity index (χ1n) is 4.66. The molecule has 0 aromatic carbocycles. The second kappa shape index (κ2) is 5.31. The number of hydrogen-bond acceptors (Lipinski definition) is 2. The second-order valence-electron chi connectivity index (χ2n) is 4.36. The normalized spacial score (nSPS) is 12.1. The Labute approximate surface area is 75.7 Å². The van der Waals surface area contributed by atoms with Gasteiger partial charge in [-0.3, -0.25) is 0 Å². The van der Waals surface area contributed by atoms with Crippen LogP contribution in [0.3, 0.4) is 0 Å². The lowest BCUT2D eigenvalue weighted by molar-refractivity contribution is -0.108. The van der Waals surface area contributed by atoms with Crippen LogP contribution >= 0.6 is 0 Å². The zero-order valence-corrected chi connectivity index (χ0v) is 8.68. The predicted octanol–water partition coefficient (Wildman–Crippen LogP) is 1.99. The maximum Gasteiger partial charge on any atom is 0.121 e. The van der Waals surface area contributed by atoms with Crippen LogP contribution in [0.4, 0.5) is 0 Å². The van der Waals surface area contributed by atoms with E-state index in [1.165, 1.54) is 6.42 Å². The lowest BCUT2D eigenvalue weighted by Crippen LogP contribution is -2.40. The third-order valence-electron chi connectivity index (χ3n) is 1.92. The van der Waals surface area contributed by atoms with Crippen LogP contribution in [-0.4, -0.2) is 18.4 Å². The number of nitrogens with one attached hydrogen (secondary N) is 1. The van der Waals surface area contributed by atoms with Gasteiger partial charge in [0, 0.05) is 12.0 Å². The molecule has 0 saturated heterocycles. The van der Waals surface area contributed by atoms with Crippen molar-refractivity contribution in [1.29, 1.82) is 0 Å². The van der Waals surface area contributed by atoms with Gasteiger partial charge in [0.05, 0.1) is 0 Å². The molecule has 0 spiro atoms. The van der Waals surface area contributed by atoms with E-state index in [1.54, 1.807) is 0 Å². The first-order valence-corrected chi connectivity index (χ1v) is 4.66. The van der Waals surface area contributed by atoms with Gasteiger partial charge < -0.3 is 10.1 Å². The third-order valence-corrected chi connectivity index (χ3v) is 1.92. The lowest BCUT2D eigenvalue weighted by atomic mass is 10.0. The van der Waals surface area contributed by atoms with E-state index >= 15 is 0 Å². The summed E-state index contributed by atoms with van der Waals surface area (Å²) < 4.78 is 0. The topological polar surface area (TPSA) is 29.1 Å². The Morgan fingerprint density at radius 1 is 1.42 bits per heavy atom. The van der Waals surface area contributed by atoms with Gasteiger partial charge in [-0.15, -0.1) is 0 Å². The highest BCUT2D eigenvalue weighted by molar-refractivity contribution is 5.51. The number of hydrogen-bond donors (Lipinski definition) is 1. The smallest absolute Gasteiger partial charge is 0.121 e. The van der Waals surface area contributed by atoms with Crippen molar-refractivity contribution < 1.29 is 4.79 Å². The standard InChI is InChI=1S/C10H21NO/c1-9(2)5-7-11-10(3,4)6-8-12/h8-9,11H,5-7H2,1-4H3. The number of carbonyl (C=O) groups excluding carboxylic acids is 1. The zero-order chi connectivity index (χ0) is 9.61. The molecule has 12 heavy (non-hydrogen) atoms. The molecule has 0 aliphatic rings. The third kappa shape index (κ3) is 6.35. The molecule has 0 atom stereocenters. The molecule has 0 heterocycles. The van der Waals surface area contributed by atoms with Crippen molar-refractivity contribution in [1.82, 2.24) is 5.32 Å². The average Bonchev–Trinajstić information content (AvgIpc) is 1.85. The quantitative estimate of drug-likeness (QED) is 0.619. The van der Waals surface area contributed by atoms with Gasteiger partial charge in [-0.25, -0.2) is 0 Å². The van der Waals surface area contributed by atoms with E-state index < -0.39 is 0 Å². The highest BCUT2D eigenvalue weighted by atomic mass is 16.1. The van der Waals surface area contributed by atoms with Gasteiger partial charge in [0.1, 0.15) is 6.29 Å². The highest BCUT2D eigenvalue weighted by Gasteiger charge is 2.15. The molecule has 2 heteroatoms. The van der Waals surface area contributed by atoms with E-state index in [4.69, 9.17) is 0 Å². The molecule has 2 nitrogen and oxygen atoms in total. The monoisotopic (exact) mass is 171 g/mol. The Kier molecular flexibility index (Phi) is 5.14. The average molecular weight is 171 g/mol. The summed E-state index contributed by atoms with van der Waals surface area (Å²) >= 11 is 0. The van der Waals surface area contributed by atoms with E-state index in [0.29, 0.717) is 6.42 Å². The van der Waals surface area contributed by atoms with Gasteiger partial charge >= 0.3 is 0 Å². The number of aldehydes is 1. The van der Waals surface area contributed by atoms with Crippen LogP contribution in [0.25, 0.3) is 0 Å². The Hall–Kier alpha value is -0.370. The van der Waals surface area contributed by atoms with Crippen molar-refractivity contribution >= 4 is 6.29 Å². The Bertz CT molecular complexity index is 130. The zero-order valence-electron chi connectivity index (χ0n) is 8.68. The molecule has 72 valence electrons. The minimum atomic E-state index is -0.0311. The highest BCUT2D eigenvalue weighted by Crippen LogP contribution is 2.06. The van der Waals surface area contributed by atoms with Gasteiger partial charge in [-0.1, -0.05) is 13.8 Å². The van der Waals surface area contributed by atoms with E-state index in [9.17, 15) is 4.79 Å². The van der Waals surface area contributed by atoms with Crippen molar-refractivity contribution in [2.45, 2.75) is 46.1 Å². The van der Waals surface area contributed by atoms with Gasteiger partial charge in [-0.2, -0.15) is 0 Å². The summed E-state index contributed by atoms with van der Waals surface area (Å²) in [6.07, 6.45) is 2.73. The Morgan fingerprint density at radius 2 is 2.00 bits per heavy atom. The van der Waals surface area contributed by atoms with E-state index in [1.807, 2.05) is 0 Å². The van der Waals surface area contributed by atoms with Crippen molar-refractivity contribution in [3.05, 3.63) is 0 Å². The molecular formula is C10H21NO. The van der Waals surface area contributed by atoms with Crippen molar-refractivity contribution in [2.24, 2.45) is 5.92 Å². The van der Waals surface area contributed by atoms with Gasteiger partial charge in [0.15, 0.2) is 0 Å². The van der Waals surface area contributed by atoms with Crippen LogP contribution < -0.4 is 5.32 Å². The van der Waals surface area contributed by atoms with Gasteiger partial charge in [0.2, 0.25) is 0 Å². The fourth-order valence-electron chi connectivity index (χ4n) is 0.980. The molecule has 0 radical (unpaired) electrons. The molecule has 0 amide bonds. The molecule has 1 N–H and O–H groups in total. The molecule has 0 aliphatic carbocycles. The molecule has 0 aromatic rings. The Balaban J connectivity index is 3.53. The fraction of sp³-hybridized carbons (Fsp3) is 0.900. The van der Waals surface area contributed by atoms with Gasteiger partial charge in [-0.05, 0) is 32.7 Å². The van der Waals surface area contributed by atoms with E-state index in [2.05, 4.69) is 33.0 Å². The predicted molar refractivity (Wildman–Crippen MR) is 52.2 cm³/mol. The van der Waals surface area contributed by atoms with Crippen molar-refractivity contribution in [3.8, 4) is 0 Å². The van der Waals surface area contributed by atoms with Crippen LogP contribution in [-0.2, 0) is 4.79 Å². The number of carbonyl (C=O) groups is 1. The van der Waals surface area contributed by atoms with Crippen LogP contribution in [0, 0.1) is 5.92 Å². The van der Waals surface area contributed by atoms with E-state index in [0.717, 1.165) is 18.7 Å². The first-order chi connectivity index (χ1) is 5.48. The molecule has 0 rings (SSSR count). The molecule has 0 aromatic heterocycles. The van der Waals surface area contributed by atoms with Crippen LogP contribution in [0.15, 0.2) is 0 Å².